The molecule has 2 N–H and O–H groups in total. The second-order valence-corrected chi connectivity index (χ2v) is 7.07. The molecule has 1 aromatic carbocycles. The molecule has 8 nitrogen and oxygen atoms in total. The van der Waals surface area contributed by atoms with Gasteiger partial charge in [-0.05, 0) is 36.1 Å². The normalized spacial score (nSPS) is 17.5. The molecule has 4 rings (SSSR count). The highest BCUT2D eigenvalue weighted by atomic mass is 16.5. The maximum Gasteiger partial charge on any atom is 0.330 e. The van der Waals surface area contributed by atoms with E-state index in [-0.39, 0.29) is 11.8 Å². The number of carboxylic acids is 1. The molecule has 1 amide bonds. The number of nitrogens with zero attached hydrogens (tertiary/aromatic N) is 3. The smallest absolute Gasteiger partial charge is 0.330 e. The van der Waals surface area contributed by atoms with Crippen LogP contribution in [0.2, 0.25) is 0 Å². The first-order valence-corrected chi connectivity index (χ1v) is 9.41. The molecule has 0 saturated carbocycles. The maximum absolute atomic E-state index is 12.7. The second kappa shape index (κ2) is 7.84. The molecule has 3 heterocycles. The number of nitrogens with one attached hydrogen (secondary N) is 1. The van der Waals surface area contributed by atoms with E-state index in [0.717, 1.165) is 23.6 Å². The average molecular weight is 382 g/mol. The number of amides is 1. The molecule has 1 aromatic heterocycles. The molecule has 8 heteroatoms. The molecule has 0 radical (unpaired) electrons. The summed E-state index contributed by atoms with van der Waals surface area (Å²) in [6.07, 6.45) is 7.02. The number of piperidine rings is 1. The summed E-state index contributed by atoms with van der Waals surface area (Å²) in [6.45, 7) is 1.97. The fourth-order valence-electron chi connectivity index (χ4n) is 3.76. The minimum absolute atomic E-state index is 0.215. The second-order valence-electron chi connectivity index (χ2n) is 7.07. The van der Waals surface area contributed by atoms with Crippen molar-refractivity contribution in [3.63, 3.8) is 0 Å². The number of hydrogen-bond acceptors (Lipinski definition) is 6. The Hall–Kier alpha value is -3.16. The number of fused-ring (bicyclic) bond motifs is 1. The van der Waals surface area contributed by atoms with Gasteiger partial charge in [0.25, 0.3) is 0 Å². The summed E-state index contributed by atoms with van der Waals surface area (Å²) in [7, 11) is 0. The third kappa shape index (κ3) is 3.76. The quantitative estimate of drug-likeness (QED) is 0.809. The molecule has 2 aliphatic heterocycles. The van der Waals surface area contributed by atoms with E-state index in [1.165, 1.54) is 0 Å². The third-order valence-corrected chi connectivity index (χ3v) is 5.32. The Morgan fingerprint density at radius 3 is 2.79 bits per heavy atom. The van der Waals surface area contributed by atoms with Crippen molar-refractivity contribution in [2.24, 2.45) is 5.92 Å². The number of aromatic nitrogens is 2. The summed E-state index contributed by atoms with van der Waals surface area (Å²) in [6, 6.07) is 4.24. The number of hydrogen-bond donors (Lipinski definition) is 2. The summed E-state index contributed by atoms with van der Waals surface area (Å²) in [5, 5.41) is 12.4. The van der Waals surface area contributed by atoms with E-state index in [1.54, 1.807) is 30.7 Å². The molecular weight excluding hydrogens is 360 g/mol. The van der Waals surface area contributed by atoms with Crippen molar-refractivity contribution >= 4 is 17.7 Å². The van der Waals surface area contributed by atoms with Crippen molar-refractivity contribution in [3.05, 3.63) is 47.9 Å². The Morgan fingerprint density at radius 1 is 1.25 bits per heavy atom. The van der Waals surface area contributed by atoms with Gasteiger partial charge in [0.1, 0.15) is 11.6 Å². The monoisotopic (exact) mass is 382 g/mol. The van der Waals surface area contributed by atoms with Gasteiger partial charge in [0.2, 0.25) is 5.91 Å². The molecule has 1 saturated heterocycles. The fourth-order valence-corrected chi connectivity index (χ4v) is 3.76. The van der Waals surface area contributed by atoms with Gasteiger partial charge in [-0.2, -0.15) is 0 Å². The van der Waals surface area contributed by atoms with Gasteiger partial charge in [0.05, 0.1) is 12.8 Å². The SMILES string of the molecule is O=C(NC(C(=O)O)c1ccc2c(c1)CCO2)C1CCN(c2cnccn2)CC1. The van der Waals surface area contributed by atoms with Crippen molar-refractivity contribution in [1.29, 1.82) is 0 Å². The Bertz CT molecular complexity index is 866. The summed E-state index contributed by atoms with van der Waals surface area (Å²) in [5.41, 5.74) is 1.55. The molecule has 0 aliphatic carbocycles. The largest absolute Gasteiger partial charge is 0.493 e. The Labute approximate surface area is 162 Å². The predicted octanol–water partition coefficient (Wildman–Crippen LogP) is 1.57. The predicted molar refractivity (Wildman–Crippen MR) is 101 cm³/mol. The van der Waals surface area contributed by atoms with E-state index < -0.39 is 12.0 Å². The first-order chi connectivity index (χ1) is 13.6. The number of carbonyl (C=O) groups is 2. The number of carbonyl (C=O) groups excluding carboxylic acids is 1. The van der Waals surface area contributed by atoms with E-state index in [0.29, 0.717) is 38.1 Å². The van der Waals surface area contributed by atoms with Crippen LogP contribution in [0.5, 0.6) is 5.75 Å². The lowest BCUT2D eigenvalue weighted by atomic mass is 9.94. The molecule has 0 spiro atoms. The van der Waals surface area contributed by atoms with Crippen LogP contribution in [0.25, 0.3) is 0 Å². The number of rotatable bonds is 5. The first kappa shape index (κ1) is 18.2. The summed E-state index contributed by atoms with van der Waals surface area (Å²) in [4.78, 5) is 35.0. The number of benzene rings is 1. The average Bonchev–Trinajstić information content (AvgIpc) is 3.20. The van der Waals surface area contributed by atoms with Crippen LogP contribution in [-0.2, 0) is 16.0 Å². The molecule has 1 atom stereocenters. The van der Waals surface area contributed by atoms with Crippen LogP contribution in [0.3, 0.4) is 0 Å². The minimum Gasteiger partial charge on any atom is -0.493 e. The Morgan fingerprint density at radius 2 is 2.07 bits per heavy atom. The van der Waals surface area contributed by atoms with Gasteiger partial charge in [-0.25, -0.2) is 9.78 Å². The maximum atomic E-state index is 12.7. The number of ether oxygens (including phenoxy) is 1. The highest BCUT2D eigenvalue weighted by Crippen LogP contribution is 2.29. The van der Waals surface area contributed by atoms with Crippen LogP contribution >= 0.6 is 0 Å². The molecule has 0 bridgehead atoms. The van der Waals surface area contributed by atoms with Crippen molar-refractivity contribution in [2.75, 3.05) is 24.6 Å². The fraction of sp³-hybridized carbons (Fsp3) is 0.400. The molecule has 28 heavy (non-hydrogen) atoms. The van der Waals surface area contributed by atoms with Crippen LogP contribution in [-0.4, -0.2) is 46.6 Å². The number of anilines is 1. The van der Waals surface area contributed by atoms with E-state index in [2.05, 4.69) is 20.2 Å². The highest BCUT2D eigenvalue weighted by Gasteiger charge is 2.30. The zero-order valence-electron chi connectivity index (χ0n) is 15.4. The molecule has 1 unspecified atom stereocenters. The molecular formula is C20H22N4O4. The van der Waals surface area contributed by atoms with Crippen LogP contribution in [0.1, 0.15) is 30.0 Å². The highest BCUT2D eigenvalue weighted by molar-refractivity contribution is 5.86. The topological polar surface area (TPSA) is 105 Å². The molecule has 2 aliphatic rings. The van der Waals surface area contributed by atoms with E-state index in [4.69, 9.17) is 4.74 Å². The molecule has 1 fully saturated rings. The van der Waals surface area contributed by atoms with Gasteiger partial charge in [0.15, 0.2) is 6.04 Å². The van der Waals surface area contributed by atoms with Crippen LogP contribution < -0.4 is 15.0 Å². The zero-order valence-corrected chi connectivity index (χ0v) is 15.4. The van der Waals surface area contributed by atoms with Crippen molar-refractivity contribution < 1.29 is 19.4 Å². The van der Waals surface area contributed by atoms with Gasteiger partial charge in [0, 0.05) is 37.8 Å². The van der Waals surface area contributed by atoms with Crippen LogP contribution in [0.4, 0.5) is 5.82 Å². The van der Waals surface area contributed by atoms with Gasteiger partial charge >= 0.3 is 5.97 Å². The van der Waals surface area contributed by atoms with E-state index in [1.807, 2.05) is 6.07 Å². The summed E-state index contributed by atoms with van der Waals surface area (Å²) in [5.74, 6) is 0.0837. The van der Waals surface area contributed by atoms with Gasteiger partial charge in [-0.1, -0.05) is 6.07 Å². The van der Waals surface area contributed by atoms with E-state index in [9.17, 15) is 14.7 Å². The summed E-state index contributed by atoms with van der Waals surface area (Å²) >= 11 is 0. The number of aliphatic carboxylic acids is 1. The summed E-state index contributed by atoms with van der Waals surface area (Å²) < 4.78 is 5.47. The zero-order chi connectivity index (χ0) is 19.5. The van der Waals surface area contributed by atoms with Crippen molar-refractivity contribution in [3.8, 4) is 5.75 Å². The molecule has 2 aromatic rings. The number of carboxylic acid groups (broad SMARTS) is 1. The lowest BCUT2D eigenvalue weighted by Gasteiger charge is -2.32. The standard InChI is InChI=1S/C20H22N4O4/c25-19(13-3-8-24(9-4-13)17-12-21-6-7-22-17)23-18(20(26)27)15-1-2-16-14(11-15)5-10-28-16/h1-2,6-7,11-13,18H,3-5,8-10H2,(H,23,25)(H,26,27). The van der Waals surface area contributed by atoms with Gasteiger partial charge < -0.3 is 20.1 Å². The first-order valence-electron chi connectivity index (χ1n) is 9.41. The lowest BCUT2D eigenvalue weighted by Crippen LogP contribution is -2.43. The lowest BCUT2D eigenvalue weighted by molar-refractivity contribution is -0.142. The van der Waals surface area contributed by atoms with Gasteiger partial charge in [-0.3, -0.25) is 9.78 Å². The van der Waals surface area contributed by atoms with Gasteiger partial charge in [-0.15, -0.1) is 0 Å². The van der Waals surface area contributed by atoms with E-state index >= 15 is 0 Å². The van der Waals surface area contributed by atoms with Crippen LogP contribution in [0, 0.1) is 5.92 Å². The van der Waals surface area contributed by atoms with Crippen molar-refractivity contribution in [2.45, 2.75) is 25.3 Å². The van der Waals surface area contributed by atoms with Crippen molar-refractivity contribution in [1.82, 2.24) is 15.3 Å². The Balaban J connectivity index is 1.40. The minimum atomic E-state index is -1.07. The third-order valence-electron chi connectivity index (χ3n) is 5.32. The molecule has 146 valence electrons. The Kier molecular flexibility index (Phi) is 5.10. The van der Waals surface area contributed by atoms with Crippen LogP contribution in [0.15, 0.2) is 36.8 Å².